The molecule has 3 rings (SSSR count). The van der Waals surface area contributed by atoms with E-state index in [-0.39, 0.29) is 13.0 Å². The van der Waals surface area contributed by atoms with E-state index in [4.69, 9.17) is 19.8 Å². The van der Waals surface area contributed by atoms with Gasteiger partial charge in [-0.05, 0) is 47.5 Å². The Morgan fingerprint density at radius 3 is 2.41 bits per heavy atom. The first-order valence-corrected chi connectivity index (χ1v) is 10.6. The van der Waals surface area contributed by atoms with Gasteiger partial charge >= 0.3 is 5.97 Å². The van der Waals surface area contributed by atoms with Crippen molar-refractivity contribution in [2.24, 2.45) is 0 Å². The zero-order valence-corrected chi connectivity index (χ0v) is 18.7. The normalized spacial score (nSPS) is 11.1. The number of aliphatic carboxylic acids is 1. The summed E-state index contributed by atoms with van der Waals surface area (Å²) in [5.74, 6) is -0.416. The van der Waals surface area contributed by atoms with Crippen LogP contribution in [0.15, 0.2) is 72.8 Å². The van der Waals surface area contributed by atoms with Gasteiger partial charge in [0.05, 0.1) is 25.2 Å². The van der Waals surface area contributed by atoms with Crippen molar-refractivity contribution in [2.75, 3.05) is 19.0 Å². The molecule has 1 atom stereocenters. The summed E-state index contributed by atoms with van der Waals surface area (Å²) in [6, 6.07) is 22.8. The molecule has 0 fully saturated rings. The highest BCUT2D eigenvalue weighted by atomic mass is 16.5. The summed E-state index contributed by atoms with van der Waals surface area (Å²) in [6.45, 7) is 0.355. The second-order valence-corrected chi connectivity index (χ2v) is 7.39. The number of hydrogen-bond donors (Lipinski definition) is 3. The molecule has 8 heteroatoms. The third kappa shape index (κ3) is 6.74. The van der Waals surface area contributed by atoms with Crippen LogP contribution in [0.2, 0.25) is 0 Å². The lowest BCUT2D eigenvalue weighted by molar-refractivity contribution is -0.136. The number of carboxylic acids is 1. The standard InChI is InChI=1S/C26H25N3O5/c1-33-23-15-20(9-12-22(23)34-17-19-5-3-2-4-6-19)25(26(32)28-14-13-24(30)31)29-21-10-7-18(16-27)8-11-21/h2-12,15,25,29H,13-14,17H2,1H3,(H,28,32)(H,30,31). The Balaban J connectivity index is 1.83. The molecule has 34 heavy (non-hydrogen) atoms. The van der Waals surface area contributed by atoms with Gasteiger partial charge in [-0.2, -0.15) is 5.26 Å². The summed E-state index contributed by atoms with van der Waals surface area (Å²) in [7, 11) is 1.52. The van der Waals surface area contributed by atoms with Crippen LogP contribution in [-0.2, 0) is 16.2 Å². The molecule has 3 aromatic carbocycles. The first-order chi connectivity index (χ1) is 16.5. The van der Waals surface area contributed by atoms with E-state index in [1.165, 1.54) is 7.11 Å². The van der Waals surface area contributed by atoms with Crippen molar-refractivity contribution in [3.05, 3.63) is 89.5 Å². The quantitative estimate of drug-likeness (QED) is 0.398. The minimum atomic E-state index is -1.00. The Kier molecular flexibility index (Phi) is 8.47. The molecule has 174 valence electrons. The average Bonchev–Trinajstić information content (AvgIpc) is 2.86. The molecule has 0 heterocycles. The van der Waals surface area contributed by atoms with Crippen LogP contribution in [0.1, 0.15) is 29.2 Å². The van der Waals surface area contributed by atoms with Crippen LogP contribution in [0.4, 0.5) is 5.69 Å². The fourth-order valence-corrected chi connectivity index (χ4v) is 3.22. The van der Waals surface area contributed by atoms with Gasteiger partial charge in [-0.1, -0.05) is 36.4 Å². The van der Waals surface area contributed by atoms with Crippen LogP contribution in [0.3, 0.4) is 0 Å². The molecule has 8 nitrogen and oxygen atoms in total. The van der Waals surface area contributed by atoms with Crippen LogP contribution >= 0.6 is 0 Å². The first kappa shape index (κ1) is 24.1. The Morgan fingerprint density at radius 2 is 1.76 bits per heavy atom. The molecule has 0 radical (unpaired) electrons. The number of amides is 1. The molecule has 3 aromatic rings. The molecule has 0 aliphatic heterocycles. The number of nitriles is 1. The predicted octanol–water partition coefficient (Wildman–Crippen LogP) is 3.89. The van der Waals surface area contributed by atoms with Crippen LogP contribution in [0.5, 0.6) is 11.5 Å². The van der Waals surface area contributed by atoms with E-state index in [1.807, 2.05) is 30.3 Å². The zero-order chi connectivity index (χ0) is 24.3. The lowest BCUT2D eigenvalue weighted by Gasteiger charge is -2.21. The highest BCUT2D eigenvalue weighted by molar-refractivity contribution is 5.86. The summed E-state index contributed by atoms with van der Waals surface area (Å²) in [5.41, 5.74) is 2.73. The van der Waals surface area contributed by atoms with Crippen molar-refractivity contribution in [2.45, 2.75) is 19.1 Å². The molecular formula is C26H25N3O5. The second-order valence-electron chi connectivity index (χ2n) is 7.39. The lowest BCUT2D eigenvalue weighted by Crippen LogP contribution is -2.34. The Bertz CT molecular complexity index is 1160. The third-order valence-electron chi connectivity index (χ3n) is 4.98. The third-order valence-corrected chi connectivity index (χ3v) is 4.98. The maximum absolute atomic E-state index is 13.0. The number of hydrogen-bond acceptors (Lipinski definition) is 6. The zero-order valence-electron chi connectivity index (χ0n) is 18.7. The van der Waals surface area contributed by atoms with Crippen LogP contribution < -0.4 is 20.1 Å². The topological polar surface area (TPSA) is 121 Å². The van der Waals surface area contributed by atoms with Crippen molar-refractivity contribution >= 4 is 17.6 Å². The van der Waals surface area contributed by atoms with E-state index in [9.17, 15) is 9.59 Å². The van der Waals surface area contributed by atoms with Crippen molar-refractivity contribution in [3.63, 3.8) is 0 Å². The van der Waals surface area contributed by atoms with Gasteiger partial charge in [-0.15, -0.1) is 0 Å². The Hall–Kier alpha value is -4.51. The van der Waals surface area contributed by atoms with Gasteiger partial charge in [-0.3, -0.25) is 9.59 Å². The monoisotopic (exact) mass is 459 g/mol. The number of carbonyl (C=O) groups is 2. The van der Waals surface area contributed by atoms with E-state index in [0.29, 0.717) is 34.9 Å². The average molecular weight is 460 g/mol. The van der Waals surface area contributed by atoms with Crippen LogP contribution in [-0.4, -0.2) is 30.6 Å². The number of rotatable bonds is 11. The lowest BCUT2D eigenvalue weighted by atomic mass is 10.0. The SMILES string of the molecule is COc1cc(C(Nc2ccc(C#N)cc2)C(=O)NCCC(=O)O)ccc1OCc1ccccc1. The fraction of sp³-hybridized carbons (Fsp3) is 0.192. The summed E-state index contributed by atoms with van der Waals surface area (Å²) < 4.78 is 11.4. The highest BCUT2D eigenvalue weighted by Crippen LogP contribution is 2.32. The number of nitrogens with zero attached hydrogens (tertiary/aromatic N) is 1. The van der Waals surface area contributed by atoms with Crippen LogP contribution in [0, 0.1) is 11.3 Å². The largest absolute Gasteiger partial charge is 0.493 e. The summed E-state index contributed by atoms with van der Waals surface area (Å²) >= 11 is 0. The molecule has 0 saturated heterocycles. The molecule has 0 aliphatic rings. The van der Waals surface area contributed by atoms with E-state index in [1.54, 1.807) is 42.5 Å². The van der Waals surface area contributed by atoms with Crippen molar-refractivity contribution in [1.82, 2.24) is 5.32 Å². The Morgan fingerprint density at radius 1 is 1.03 bits per heavy atom. The number of anilines is 1. The highest BCUT2D eigenvalue weighted by Gasteiger charge is 2.22. The van der Waals surface area contributed by atoms with Gasteiger partial charge in [0.15, 0.2) is 11.5 Å². The van der Waals surface area contributed by atoms with Gasteiger partial charge in [0, 0.05) is 12.2 Å². The number of benzene rings is 3. The fourth-order valence-electron chi connectivity index (χ4n) is 3.22. The van der Waals surface area contributed by atoms with E-state index in [2.05, 4.69) is 16.7 Å². The second kappa shape index (κ2) is 11.9. The molecule has 0 saturated carbocycles. The first-order valence-electron chi connectivity index (χ1n) is 10.6. The van der Waals surface area contributed by atoms with Gasteiger partial charge in [0.1, 0.15) is 12.6 Å². The summed E-state index contributed by atoms with van der Waals surface area (Å²) in [6.07, 6.45) is -0.190. The minimum absolute atomic E-state index is 0.00484. The van der Waals surface area contributed by atoms with E-state index in [0.717, 1.165) is 5.56 Å². The van der Waals surface area contributed by atoms with E-state index < -0.39 is 17.9 Å². The number of carbonyl (C=O) groups excluding carboxylic acids is 1. The van der Waals surface area contributed by atoms with Gasteiger partial charge in [0.2, 0.25) is 5.91 Å². The Labute approximate surface area is 197 Å². The molecule has 0 bridgehead atoms. The maximum Gasteiger partial charge on any atom is 0.305 e. The van der Waals surface area contributed by atoms with Gasteiger partial charge in [0.25, 0.3) is 0 Å². The summed E-state index contributed by atoms with van der Waals surface area (Å²) in [5, 5.41) is 23.7. The number of methoxy groups -OCH3 is 1. The number of carboxylic acid groups (broad SMARTS) is 1. The molecule has 0 aromatic heterocycles. The van der Waals surface area contributed by atoms with Gasteiger partial charge < -0.3 is 25.2 Å². The molecule has 1 amide bonds. The molecular weight excluding hydrogens is 434 g/mol. The predicted molar refractivity (Wildman–Crippen MR) is 127 cm³/mol. The number of ether oxygens (including phenoxy) is 2. The molecule has 1 unspecified atom stereocenters. The van der Waals surface area contributed by atoms with E-state index >= 15 is 0 Å². The van der Waals surface area contributed by atoms with Crippen molar-refractivity contribution < 1.29 is 24.2 Å². The van der Waals surface area contributed by atoms with Crippen molar-refractivity contribution in [3.8, 4) is 17.6 Å². The van der Waals surface area contributed by atoms with Crippen LogP contribution in [0.25, 0.3) is 0 Å². The molecule has 3 N–H and O–H groups in total. The van der Waals surface area contributed by atoms with Crippen molar-refractivity contribution in [1.29, 1.82) is 5.26 Å². The molecule has 0 spiro atoms. The number of nitrogens with one attached hydrogen (secondary N) is 2. The molecule has 0 aliphatic carbocycles. The maximum atomic E-state index is 13.0. The minimum Gasteiger partial charge on any atom is -0.493 e. The summed E-state index contributed by atoms with van der Waals surface area (Å²) in [4.78, 5) is 23.8. The smallest absolute Gasteiger partial charge is 0.305 e. The van der Waals surface area contributed by atoms with Gasteiger partial charge in [-0.25, -0.2) is 0 Å².